The Balaban J connectivity index is 0.00000361. The van der Waals surface area contributed by atoms with Crippen LogP contribution >= 0.6 is 12.4 Å². The molecule has 0 aromatic heterocycles. The zero-order chi connectivity index (χ0) is 13.9. The van der Waals surface area contributed by atoms with Crippen LogP contribution in [0.25, 0.3) is 0 Å². The van der Waals surface area contributed by atoms with Crippen molar-refractivity contribution in [3.8, 4) is 5.75 Å². The fraction of sp³-hybridized carbons (Fsp3) is 0.533. The Morgan fingerprint density at radius 1 is 1.10 bits per heavy atom. The lowest BCUT2D eigenvalue weighted by atomic mass is 10.1. The van der Waals surface area contributed by atoms with Crippen molar-refractivity contribution in [2.45, 2.75) is 32.1 Å². The molecule has 1 rings (SSSR count). The molecule has 1 aromatic rings. The zero-order valence-electron chi connectivity index (χ0n) is 12.0. The van der Waals surface area contributed by atoms with Gasteiger partial charge in [-0.15, -0.1) is 12.4 Å². The van der Waals surface area contributed by atoms with E-state index in [0.717, 1.165) is 50.1 Å². The lowest BCUT2D eigenvalue weighted by Gasteiger charge is -2.07. The van der Waals surface area contributed by atoms with E-state index in [1.54, 1.807) is 0 Å². The van der Waals surface area contributed by atoms with Crippen molar-refractivity contribution < 1.29 is 14.3 Å². The zero-order valence-corrected chi connectivity index (χ0v) is 12.8. The standard InChI is InChI=1S/C15H23NO3.ClH/c1-18-15(17)12-13-6-8-14(9-7-13)19-11-5-3-2-4-10-16;/h6-9H,2-5,10-12,16H2,1H3;1H. The van der Waals surface area contributed by atoms with Crippen LogP contribution in [0, 0.1) is 0 Å². The quantitative estimate of drug-likeness (QED) is 0.563. The number of esters is 1. The summed E-state index contributed by atoms with van der Waals surface area (Å²) in [5.74, 6) is 0.612. The summed E-state index contributed by atoms with van der Waals surface area (Å²) in [6, 6.07) is 7.55. The van der Waals surface area contributed by atoms with Gasteiger partial charge in [-0.3, -0.25) is 4.79 Å². The van der Waals surface area contributed by atoms with Gasteiger partial charge in [0.2, 0.25) is 0 Å². The first-order valence-electron chi connectivity index (χ1n) is 6.75. The van der Waals surface area contributed by atoms with Crippen LogP contribution in [0.15, 0.2) is 24.3 Å². The lowest BCUT2D eigenvalue weighted by molar-refractivity contribution is -0.139. The fourth-order valence-corrected chi connectivity index (χ4v) is 1.73. The van der Waals surface area contributed by atoms with Crippen molar-refractivity contribution in [3.05, 3.63) is 29.8 Å². The van der Waals surface area contributed by atoms with Crippen molar-refractivity contribution >= 4 is 18.4 Å². The second-order valence-corrected chi connectivity index (χ2v) is 4.45. The Bertz CT molecular complexity index is 368. The molecule has 5 heteroatoms. The van der Waals surface area contributed by atoms with Gasteiger partial charge in [0.05, 0.1) is 20.1 Å². The number of ether oxygens (including phenoxy) is 2. The van der Waals surface area contributed by atoms with E-state index in [1.165, 1.54) is 7.11 Å². The Kier molecular flexibility index (Phi) is 10.8. The molecule has 114 valence electrons. The molecule has 20 heavy (non-hydrogen) atoms. The van der Waals surface area contributed by atoms with Gasteiger partial charge in [0.1, 0.15) is 5.75 Å². The summed E-state index contributed by atoms with van der Waals surface area (Å²) in [5.41, 5.74) is 6.36. The third kappa shape index (κ3) is 8.02. The maximum atomic E-state index is 11.1. The maximum absolute atomic E-state index is 11.1. The van der Waals surface area contributed by atoms with Crippen molar-refractivity contribution in [2.24, 2.45) is 5.73 Å². The van der Waals surface area contributed by atoms with E-state index in [0.29, 0.717) is 6.42 Å². The van der Waals surface area contributed by atoms with E-state index >= 15 is 0 Å². The van der Waals surface area contributed by atoms with E-state index in [-0.39, 0.29) is 18.4 Å². The van der Waals surface area contributed by atoms with Crippen LogP contribution in [-0.2, 0) is 16.0 Å². The third-order valence-electron chi connectivity index (χ3n) is 2.87. The van der Waals surface area contributed by atoms with Crippen molar-refractivity contribution in [1.29, 1.82) is 0 Å². The van der Waals surface area contributed by atoms with E-state index in [1.807, 2.05) is 24.3 Å². The van der Waals surface area contributed by atoms with Crippen molar-refractivity contribution in [1.82, 2.24) is 0 Å². The maximum Gasteiger partial charge on any atom is 0.309 e. The number of unbranched alkanes of at least 4 members (excludes halogenated alkanes) is 3. The molecule has 0 aliphatic rings. The second-order valence-electron chi connectivity index (χ2n) is 4.45. The van der Waals surface area contributed by atoms with Crippen LogP contribution < -0.4 is 10.5 Å². The molecule has 0 saturated heterocycles. The molecule has 0 atom stereocenters. The van der Waals surface area contributed by atoms with Crippen LogP contribution in [0.5, 0.6) is 5.75 Å². The highest BCUT2D eigenvalue weighted by atomic mass is 35.5. The Labute approximate surface area is 127 Å². The third-order valence-corrected chi connectivity index (χ3v) is 2.87. The van der Waals surface area contributed by atoms with Gasteiger partial charge in [0.25, 0.3) is 0 Å². The highest BCUT2D eigenvalue weighted by molar-refractivity contribution is 5.85. The smallest absolute Gasteiger partial charge is 0.309 e. The summed E-state index contributed by atoms with van der Waals surface area (Å²) in [6.07, 6.45) is 4.75. The minimum atomic E-state index is -0.228. The first-order chi connectivity index (χ1) is 9.26. The molecule has 0 heterocycles. The first-order valence-corrected chi connectivity index (χ1v) is 6.75. The molecule has 0 saturated carbocycles. The van der Waals surface area contributed by atoms with Gasteiger partial charge in [-0.1, -0.05) is 25.0 Å². The van der Waals surface area contributed by atoms with Gasteiger partial charge in [-0.05, 0) is 37.1 Å². The number of hydrogen-bond donors (Lipinski definition) is 1. The molecule has 0 unspecified atom stereocenters. The fourth-order valence-electron chi connectivity index (χ4n) is 1.73. The molecular weight excluding hydrogens is 278 g/mol. The number of hydrogen-bond acceptors (Lipinski definition) is 4. The minimum Gasteiger partial charge on any atom is -0.494 e. The topological polar surface area (TPSA) is 61.5 Å². The largest absolute Gasteiger partial charge is 0.494 e. The number of carbonyl (C=O) groups excluding carboxylic acids is 1. The highest BCUT2D eigenvalue weighted by Gasteiger charge is 2.02. The van der Waals surface area contributed by atoms with E-state index in [4.69, 9.17) is 10.5 Å². The van der Waals surface area contributed by atoms with Crippen LogP contribution in [0.1, 0.15) is 31.2 Å². The predicted molar refractivity (Wildman–Crippen MR) is 82.4 cm³/mol. The summed E-state index contributed by atoms with van der Waals surface area (Å²) < 4.78 is 10.2. The van der Waals surface area contributed by atoms with Gasteiger partial charge in [0.15, 0.2) is 0 Å². The van der Waals surface area contributed by atoms with E-state index < -0.39 is 0 Å². The van der Waals surface area contributed by atoms with Gasteiger partial charge in [0, 0.05) is 0 Å². The van der Waals surface area contributed by atoms with Gasteiger partial charge in [-0.2, -0.15) is 0 Å². The molecule has 4 nitrogen and oxygen atoms in total. The Morgan fingerprint density at radius 2 is 1.75 bits per heavy atom. The monoisotopic (exact) mass is 301 g/mol. The number of nitrogens with two attached hydrogens (primary N) is 1. The van der Waals surface area contributed by atoms with Crippen molar-refractivity contribution in [2.75, 3.05) is 20.3 Å². The van der Waals surface area contributed by atoms with Crippen LogP contribution in [0.2, 0.25) is 0 Å². The van der Waals surface area contributed by atoms with Gasteiger partial charge < -0.3 is 15.2 Å². The Hall–Kier alpha value is -1.26. The van der Waals surface area contributed by atoms with Crippen LogP contribution in [-0.4, -0.2) is 26.2 Å². The van der Waals surface area contributed by atoms with E-state index in [9.17, 15) is 4.79 Å². The number of benzene rings is 1. The van der Waals surface area contributed by atoms with Crippen LogP contribution in [0.3, 0.4) is 0 Å². The molecule has 1 aromatic carbocycles. The summed E-state index contributed by atoms with van der Waals surface area (Å²) >= 11 is 0. The number of carbonyl (C=O) groups is 1. The molecule has 0 amide bonds. The molecule has 0 spiro atoms. The van der Waals surface area contributed by atoms with E-state index in [2.05, 4.69) is 4.74 Å². The average molecular weight is 302 g/mol. The molecule has 0 aliphatic heterocycles. The molecule has 0 bridgehead atoms. The Morgan fingerprint density at radius 3 is 2.35 bits per heavy atom. The van der Waals surface area contributed by atoms with Gasteiger partial charge >= 0.3 is 5.97 Å². The normalized spacial score (nSPS) is 9.70. The minimum absolute atomic E-state index is 0. The summed E-state index contributed by atoms with van der Waals surface area (Å²) in [5, 5.41) is 0. The summed E-state index contributed by atoms with van der Waals surface area (Å²) in [4.78, 5) is 11.1. The number of halogens is 1. The second kappa shape index (κ2) is 11.6. The molecular formula is C15H24ClNO3. The number of methoxy groups -OCH3 is 1. The summed E-state index contributed by atoms with van der Waals surface area (Å²) in [6.45, 7) is 1.49. The highest BCUT2D eigenvalue weighted by Crippen LogP contribution is 2.13. The average Bonchev–Trinajstić information content (AvgIpc) is 2.44. The lowest BCUT2D eigenvalue weighted by Crippen LogP contribution is -2.04. The van der Waals surface area contributed by atoms with Crippen molar-refractivity contribution in [3.63, 3.8) is 0 Å². The molecule has 2 N–H and O–H groups in total. The number of rotatable bonds is 9. The SMILES string of the molecule is COC(=O)Cc1ccc(OCCCCCCN)cc1.Cl. The summed E-state index contributed by atoms with van der Waals surface area (Å²) in [7, 11) is 1.39. The van der Waals surface area contributed by atoms with Crippen LogP contribution in [0.4, 0.5) is 0 Å². The predicted octanol–water partition coefficient (Wildman–Crippen LogP) is 2.72. The van der Waals surface area contributed by atoms with Gasteiger partial charge in [-0.25, -0.2) is 0 Å². The molecule has 0 fully saturated rings. The first kappa shape index (κ1) is 18.7. The molecule has 0 radical (unpaired) electrons. The molecule has 0 aliphatic carbocycles.